The normalized spacial score (nSPS) is 11.4. The first-order valence-electron chi connectivity index (χ1n) is 9.22. The minimum absolute atomic E-state index is 0.0712. The van der Waals surface area contributed by atoms with E-state index >= 15 is 0 Å². The maximum Gasteiger partial charge on any atom is 0.347 e. The largest absolute Gasteiger partial charge is 0.479 e. The topological polar surface area (TPSA) is 81.7 Å². The number of Topliss-reactive ketones (excluding diaryl/α,β-unsaturated/α-hetero) is 1. The van der Waals surface area contributed by atoms with Crippen molar-refractivity contribution in [3.05, 3.63) is 59.7 Å². The molecule has 2 aromatic carbocycles. The van der Waals surface area contributed by atoms with Gasteiger partial charge in [0.25, 0.3) is 0 Å². The van der Waals surface area contributed by atoms with E-state index in [0.29, 0.717) is 23.4 Å². The fourth-order valence-electron chi connectivity index (χ4n) is 2.40. The molecule has 6 nitrogen and oxygen atoms in total. The van der Waals surface area contributed by atoms with E-state index < -0.39 is 12.1 Å². The lowest BCUT2D eigenvalue weighted by Crippen LogP contribution is -2.28. The molecule has 0 aromatic heterocycles. The molecule has 0 radical (unpaired) electrons. The SMILES string of the molecule is CCCC(=O)Nc1ccc(C(=O)COC(=O)C(C)Oc2ccc(C)cc2)cc1. The molecule has 0 bridgehead atoms. The first-order chi connectivity index (χ1) is 13.4. The fourth-order valence-corrected chi connectivity index (χ4v) is 2.40. The summed E-state index contributed by atoms with van der Waals surface area (Å²) in [7, 11) is 0. The highest BCUT2D eigenvalue weighted by Crippen LogP contribution is 2.14. The number of hydrogen-bond acceptors (Lipinski definition) is 5. The Labute approximate surface area is 164 Å². The third kappa shape index (κ3) is 6.54. The summed E-state index contributed by atoms with van der Waals surface area (Å²) in [5.74, 6) is -0.458. The molecule has 1 unspecified atom stereocenters. The molecular weight excluding hydrogens is 358 g/mol. The molecule has 2 rings (SSSR count). The molecule has 148 valence electrons. The van der Waals surface area contributed by atoms with Crippen molar-refractivity contribution in [2.24, 2.45) is 0 Å². The van der Waals surface area contributed by atoms with Crippen molar-refractivity contribution in [1.82, 2.24) is 0 Å². The molecule has 0 aliphatic rings. The Bertz CT molecular complexity index is 812. The Morgan fingerprint density at radius 2 is 1.64 bits per heavy atom. The summed E-state index contributed by atoms with van der Waals surface area (Å²) in [5, 5.41) is 2.75. The molecule has 0 fully saturated rings. The lowest BCUT2D eigenvalue weighted by Gasteiger charge is -2.14. The highest BCUT2D eigenvalue weighted by atomic mass is 16.6. The maximum absolute atomic E-state index is 12.2. The van der Waals surface area contributed by atoms with E-state index in [0.717, 1.165) is 12.0 Å². The van der Waals surface area contributed by atoms with Crippen LogP contribution in [0.1, 0.15) is 42.6 Å². The van der Waals surface area contributed by atoms with Gasteiger partial charge in [-0.3, -0.25) is 9.59 Å². The molecule has 0 aliphatic heterocycles. The summed E-state index contributed by atoms with van der Waals surface area (Å²) >= 11 is 0. The summed E-state index contributed by atoms with van der Waals surface area (Å²) < 4.78 is 10.6. The van der Waals surface area contributed by atoms with Gasteiger partial charge in [0.15, 0.2) is 18.5 Å². The number of hydrogen-bond donors (Lipinski definition) is 1. The number of esters is 1. The van der Waals surface area contributed by atoms with E-state index in [4.69, 9.17) is 9.47 Å². The van der Waals surface area contributed by atoms with Crippen molar-refractivity contribution in [3.8, 4) is 5.75 Å². The van der Waals surface area contributed by atoms with Crippen LogP contribution < -0.4 is 10.1 Å². The zero-order valence-electron chi connectivity index (χ0n) is 16.4. The lowest BCUT2D eigenvalue weighted by atomic mass is 10.1. The molecule has 6 heteroatoms. The number of carbonyl (C=O) groups is 3. The summed E-state index contributed by atoms with van der Waals surface area (Å²) in [6, 6.07) is 13.8. The average Bonchev–Trinajstić information content (AvgIpc) is 2.68. The number of ketones is 1. The van der Waals surface area contributed by atoms with Crippen molar-refractivity contribution in [3.63, 3.8) is 0 Å². The van der Waals surface area contributed by atoms with Crippen molar-refractivity contribution >= 4 is 23.3 Å². The van der Waals surface area contributed by atoms with E-state index in [1.165, 1.54) is 0 Å². The molecule has 1 amide bonds. The quantitative estimate of drug-likeness (QED) is 0.524. The lowest BCUT2D eigenvalue weighted by molar-refractivity contribution is -0.149. The monoisotopic (exact) mass is 383 g/mol. The molecule has 0 saturated heterocycles. The Hall–Kier alpha value is -3.15. The van der Waals surface area contributed by atoms with E-state index in [1.807, 2.05) is 26.0 Å². The molecule has 1 N–H and O–H groups in total. The summed E-state index contributed by atoms with van der Waals surface area (Å²) in [5.41, 5.74) is 2.10. The molecule has 0 saturated carbocycles. The van der Waals surface area contributed by atoms with Gasteiger partial charge in [-0.1, -0.05) is 24.6 Å². The number of rotatable bonds is 9. The second kappa shape index (κ2) is 10.3. The highest BCUT2D eigenvalue weighted by molar-refractivity contribution is 5.99. The van der Waals surface area contributed by atoms with Gasteiger partial charge in [0, 0.05) is 17.7 Å². The third-order valence-corrected chi connectivity index (χ3v) is 3.98. The standard InChI is InChI=1S/C22H25NO5/c1-4-5-21(25)23-18-10-8-17(9-11-18)20(24)14-27-22(26)16(3)28-19-12-6-15(2)7-13-19/h6-13,16H,4-5,14H2,1-3H3,(H,23,25). The fraction of sp³-hybridized carbons (Fsp3) is 0.318. The highest BCUT2D eigenvalue weighted by Gasteiger charge is 2.18. The van der Waals surface area contributed by atoms with Crippen LogP contribution in [0.3, 0.4) is 0 Å². The molecule has 2 aromatic rings. The van der Waals surface area contributed by atoms with Gasteiger partial charge in [0.05, 0.1) is 0 Å². The van der Waals surface area contributed by atoms with Gasteiger partial charge < -0.3 is 14.8 Å². The zero-order chi connectivity index (χ0) is 20.5. The van der Waals surface area contributed by atoms with E-state index in [2.05, 4.69) is 5.32 Å². The van der Waals surface area contributed by atoms with Crippen molar-refractivity contribution in [1.29, 1.82) is 0 Å². The van der Waals surface area contributed by atoms with Crippen LogP contribution in [0, 0.1) is 6.92 Å². The first-order valence-corrected chi connectivity index (χ1v) is 9.22. The third-order valence-electron chi connectivity index (χ3n) is 3.98. The molecule has 0 spiro atoms. The van der Waals surface area contributed by atoms with Crippen LogP contribution in [-0.2, 0) is 14.3 Å². The predicted octanol–water partition coefficient (Wildman–Crippen LogP) is 3.93. The van der Waals surface area contributed by atoms with Crippen LogP contribution in [-0.4, -0.2) is 30.4 Å². The van der Waals surface area contributed by atoms with Crippen molar-refractivity contribution < 1.29 is 23.9 Å². The molecule has 0 heterocycles. The van der Waals surface area contributed by atoms with Crippen molar-refractivity contribution in [2.75, 3.05) is 11.9 Å². The number of aryl methyl sites for hydroxylation is 1. The van der Waals surface area contributed by atoms with Crippen LogP contribution >= 0.6 is 0 Å². The smallest absolute Gasteiger partial charge is 0.347 e. The van der Waals surface area contributed by atoms with Crippen LogP contribution in [0.15, 0.2) is 48.5 Å². The molecule has 28 heavy (non-hydrogen) atoms. The molecule has 1 atom stereocenters. The van der Waals surface area contributed by atoms with Gasteiger partial charge >= 0.3 is 5.97 Å². The van der Waals surface area contributed by atoms with Crippen molar-refractivity contribution in [2.45, 2.75) is 39.7 Å². The van der Waals surface area contributed by atoms with Gasteiger partial charge in [-0.2, -0.15) is 0 Å². The summed E-state index contributed by atoms with van der Waals surface area (Å²) in [6.07, 6.45) is 0.380. The van der Waals surface area contributed by atoms with Crippen LogP contribution in [0.5, 0.6) is 5.75 Å². The van der Waals surface area contributed by atoms with E-state index in [1.54, 1.807) is 43.3 Å². The number of amides is 1. The van der Waals surface area contributed by atoms with E-state index in [-0.39, 0.29) is 18.3 Å². The predicted molar refractivity (Wildman–Crippen MR) is 107 cm³/mol. The second-order valence-corrected chi connectivity index (χ2v) is 6.48. The first kappa shape index (κ1) is 21.2. The average molecular weight is 383 g/mol. The number of ether oxygens (including phenoxy) is 2. The van der Waals surface area contributed by atoms with Gasteiger partial charge in [-0.25, -0.2) is 4.79 Å². The summed E-state index contributed by atoms with van der Waals surface area (Å²) in [4.78, 5) is 35.8. The van der Waals surface area contributed by atoms with Gasteiger partial charge in [0.2, 0.25) is 5.91 Å². The second-order valence-electron chi connectivity index (χ2n) is 6.48. The Kier molecular flexibility index (Phi) is 7.75. The maximum atomic E-state index is 12.2. The van der Waals surface area contributed by atoms with Gasteiger partial charge in [-0.15, -0.1) is 0 Å². The van der Waals surface area contributed by atoms with Crippen LogP contribution in [0.25, 0.3) is 0 Å². The summed E-state index contributed by atoms with van der Waals surface area (Å²) in [6.45, 7) is 5.08. The number of nitrogens with one attached hydrogen (secondary N) is 1. The number of anilines is 1. The molecular formula is C22H25NO5. The van der Waals surface area contributed by atoms with Gasteiger partial charge in [-0.05, 0) is 56.7 Å². The van der Waals surface area contributed by atoms with Gasteiger partial charge in [0.1, 0.15) is 5.75 Å². The number of carbonyl (C=O) groups excluding carboxylic acids is 3. The van der Waals surface area contributed by atoms with Crippen LogP contribution in [0.2, 0.25) is 0 Å². The minimum atomic E-state index is -0.827. The Balaban J connectivity index is 1.82. The number of benzene rings is 2. The molecule has 0 aliphatic carbocycles. The van der Waals surface area contributed by atoms with E-state index in [9.17, 15) is 14.4 Å². The Morgan fingerprint density at radius 3 is 2.25 bits per heavy atom. The van der Waals surface area contributed by atoms with Crippen LogP contribution in [0.4, 0.5) is 5.69 Å². The minimum Gasteiger partial charge on any atom is -0.479 e. The zero-order valence-corrected chi connectivity index (χ0v) is 16.4. The Morgan fingerprint density at radius 1 is 1.00 bits per heavy atom.